The molecule has 0 saturated heterocycles. The van der Waals surface area contributed by atoms with E-state index in [-0.39, 0.29) is 0 Å². The van der Waals surface area contributed by atoms with Gasteiger partial charge in [-0.2, -0.15) is 0 Å². The predicted molar refractivity (Wildman–Crippen MR) is 75.9 cm³/mol. The van der Waals surface area contributed by atoms with Crippen LogP contribution < -0.4 is 5.32 Å². The van der Waals surface area contributed by atoms with E-state index in [1.807, 2.05) is 12.5 Å². The summed E-state index contributed by atoms with van der Waals surface area (Å²) in [7, 11) is 0. The largest absolute Gasteiger partial charge is 0.379 e. The number of imidazole rings is 1. The minimum absolute atomic E-state index is 0.448. The van der Waals surface area contributed by atoms with Gasteiger partial charge < -0.3 is 9.88 Å². The Morgan fingerprint density at radius 2 is 2.00 bits per heavy atom. The molecule has 3 heteroatoms. The number of hydrogen-bond donors (Lipinski definition) is 1. The van der Waals surface area contributed by atoms with Gasteiger partial charge in [0.15, 0.2) is 0 Å². The van der Waals surface area contributed by atoms with Crippen molar-refractivity contribution in [3.8, 4) is 0 Å². The lowest BCUT2D eigenvalue weighted by molar-refractivity contribution is 0.577. The first kappa shape index (κ1) is 12.7. The van der Waals surface area contributed by atoms with Crippen LogP contribution in [0, 0.1) is 13.8 Å². The average Bonchev–Trinajstić information content (AvgIpc) is 2.79. The van der Waals surface area contributed by atoms with E-state index < -0.39 is 0 Å². The van der Waals surface area contributed by atoms with E-state index in [1.54, 1.807) is 0 Å². The first-order chi connectivity index (χ1) is 8.58. The zero-order chi connectivity index (χ0) is 13.1. The van der Waals surface area contributed by atoms with E-state index in [4.69, 9.17) is 0 Å². The zero-order valence-corrected chi connectivity index (χ0v) is 11.6. The number of hydrogen-bond acceptors (Lipinski definition) is 2. The van der Waals surface area contributed by atoms with Crippen LogP contribution in [-0.4, -0.2) is 9.55 Å². The Bertz CT molecular complexity index is 526. The first-order valence-corrected chi connectivity index (χ1v) is 6.39. The summed E-state index contributed by atoms with van der Waals surface area (Å²) in [5.74, 6) is 0. The van der Waals surface area contributed by atoms with E-state index in [2.05, 4.69) is 60.8 Å². The second-order valence-electron chi connectivity index (χ2n) is 5.04. The van der Waals surface area contributed by atoms with Crippen molar-refractivity contribution >= 4 is 5.69 Å². The van der Waals surface area contributed by atoms with Gasteiger partial charge in [-0.1, -0.05) is 6.07 Å². The Balaban J connectivity index is 2.07. The minimum atomic E-state index is 0.448. The fourth-order valence-electron chi connectivity index (χ4n) is 1.98. The molecule has 1 aromatic carbocycles. The molecule has 3 nitrogen and oxygen atoms in total. The summed E-state index contributed by atoms with van der Waals surface area (Å²) in [6.07, 6.45) is 3.82. The second-order valence-corrected chi connectivity index (χ2v) is 5.04. The second kappa shape index (κ2) is 5.25. The molecular formula is C15H21N3. The van der Waals surface area contributed by atoms with Gasteiger partial charge in [-0.25, -0.2) is 4.98 Å². The number of anilines is 1. The molecule has 0 bridgehead atoms. The Kier molecular flexibility index (Phi) is 3.70. The van der Waals surface area contributed by atoms with Crippen LogP contribution >= 0.6 is 0 Å². The smallest absolute Gasteiger partial charge is 0.0951 e. The molecule has 0 spiro atoms. The number of nitrogens with zero attached hydrogens (tertiary/aromatic N) is 2. The van der Waals surface area contributed by atoms with Crippen molar-refractivity contribution in [3.63, 3.8) is 0 Å². The summed E-state index contributed by atoms with van der Waals surface area (Å²) in [5.41, 5.74) is 5.02. The molecular weight excluding hydrogens is 222 g/mol. The molecule has 18 heavy (non-hydrogen) atoms. The van der Waals surface area contributed by atoms with Gasteiger partial charge in [-0.15, -0.1) is 0 Å². The number of aryl methyl sites for hydroxylation is 2. The highest BCUT2D eigenvalue weighted by molar-refractivity contribution is 5.48. The van der Waals surface area contributed by atoms with Gasteiger partial charge in [-0.3, -0.25) is 0 Å². The van der Waals surface area contributed by atoms with Crippen LogP contribution in [0.2, 0.25) is 0 Å². The molecule has 0 atom stereocenters. The highest BCUT2D eigenvalue weighted by Crippen LogP contribution is 2.16. The summed E-state index contributed by atoms with van der Waals surface area (Å²) >= 11 is 0. The molecule has 96 valence electrons. The predicted octanol–water partition coefficient (Wildman–Crippen LogP) is 3.69. The fraction of sp³-hybridized carbons (Fsp3) is 0.400. The van der Waals surface area contributed by atoms with Crippen molar-refractivity contribution in [2.45, 2.75) is 40.3 Å². The SMILES string of the molecule is Cc1ccc(NCc2cncn2C(C)C)cc1C. The van der Waals surface area contributed by atoms with Crippen LogP contribution in [0.15, 0.2) is 30.7 Å². The Morgan fingerprint density at radius 1 is 1.22 bits per heavy atom. The van der Waals surface area contributed by atoms with Crippen LogP contribution in [0.4, 0.5) is 5.69 Å². The van der Waals surface area contributed by atoms with Crippen molar-refractivity contribution in [2.75, 3.05) is 5.32 Å². The van der Waals surface area contributed by atoms with Gasteiger partial charge in [0.1, 0.15) is 0 Å². The normalized spacial score (nSPS) is 10.9. The fourth-order valence-corrected chi connectivity index (χ4v) is 1.98. The van der Waals surface area contributed by atoms with Crippen molar-refractivity contribution in [3.05, 3.63) is 47.5 Å². The molecule has 2 rings (SSSR count). The van der Waals surface area contributed by atoms with Crippen molar-refractivity contribution in [2.24, 2.45) is 0 Å². The van der Waals surface area contributed by atoms with Crippen LogP contribution in [0.1, 0.15) is 36.7 Å². The van der Waals surface area contributed by atoms with Gasteiger partial charge >= 0.3 is 0 Å². The van der Waals surface area contributed by atoms with E-state index in [0.29, 0.717) is 6.04 Å². The van der Waals surface area contributed by atoms with E-state index >= 15 is 0 Å². The topological polar surface area (TPSA) is 29.9 Å². The van der Waals surface area contributed by atoms with Crippen LogP contribution in [0.5, 0.6) is 0 Å². The summed E-state index contributed by atoms with van der Waals surface area (Å²) in [6.45, 7) is 9.41. The standard InChI is InChI=1S/C15H21N3/c1-11(2)18-10-16-8-15(18)9-17-14-6-5-12(3)13(4)7-14/h5-8,10-11,17H,9H2,1-4H3. The number of rotatable bonds is 4. The van der Waals surface area contributed by atoms with Crippen LogP contribution in [0.25, 0.3) is 0 Å². The molecule has 1 N–H and O–H groups in total. The van der Waals surface area contributed by atoms with Gasteiger partial charge in [0.25, 0.3) is 0 Å². The quantitative estimate of drug-likeness (QED) is 0.887. The Hall–Kier alpha value is -1.77. The lowest BCUT2D eigenvalue weighted by atomic mass is 10.1. The molecule has 2 aromatic rings. The molecule has 0 saturated carbocycles. The molecule has 0 aliphatic rings. The van der Waals surface area contributed by atoms with E-state index in [1.165, 1.54) is 16.8 Å². The van der Waals surface area contributed by atoms with Gasteiger partial charge in [-0.05, 0) is 51.0 Å². The third kappa shape index (κ3) is 2.73. The molecule has 0 aliphatic carbocycles. The average molecular weight is 243 g/mol. The van der Waals surface area contributed by atoms with E-state index in [9.17, 15) is 0 Å². The maximum atomic E-state index is 4.21. The molecule has 0 radical (unpaired) electrons. The highest BCUT2D eigenvalue weighted by Gasteiger charge is 2.05. The molecule has 1 heterocycles. The molecule has 0 amide bonds. The highest BCUT2D eigenvalue weighted by atomic mass is 15.1. The molecule has 1 aromatic heterocycles. The Morgan fingerprint density at radius 3 is 2.67 bits per heavy atom. The van der Waals surface area contributed by atoms with Crippen LogP contribution in [-0.2, 0) is 6.54 Å². The van der Waals surface area contributed by atoms with Gasteiger partial charge in [0, 0.05) is 17.9 Å². The third-order valence-corrected chi connectivity index (χ3v) is 3.28. The van der Waals surface area contributed by atoms with Crippen molar-refractivity contribution in [1.82, 2.24) is 9.55 Å². The summed E-state index contributed by atoms with van der Waals surface area (Å²) in [4.78, 5) is 4.21. The number of benzene rings is 1. The van der Waals surface area contributed by atoms with Gasteiger partial charge in [0.2, 0.25) is 0 Å². The maximum Gasteiger partial charge on any atom is 0.0951 e. The molecule has 0 aliphatic heterocycles. The third-order valence-electron chi connectivity index (χ3n) is 3.28. The molecule has 0 fully saturated rings. The van der Waals surface area contributed by atoms with Crippen LogP contribution in [0.3, 0.4) is 0 Å². The van der Waals surface area contributed by atoms with Crippen molar-refractivity contribution in [1.29, 1.82) is 0 Å². The number of aromatic nitrogens is 2. The lowest BCUT2D eigenvalue weighted by Crippen LogP contribution is -2.08. The number of nitrogens with one attached hydrogen (secondary N) is 1. The Labute approximate surface area is 109 Å². The lowest BCUT2D eigenvalue weighted by Gasteiger charge is -2.13. The monoisotopic (exact) mass is 243 g/mol. The summed E-state index contributed by atoms with van der Waals surface area (Å²) in [6, 6.07) is 6.91. The first-order valence-electron chi connectivity index (χ1n) is 6.39. The zero-order valence-electron chi connectivity index (χ0n) is 11.6. The van der Waals surface area contributed by atoms with E-state index in [0.717, 1.165) is 12.2 Å². The van der Waals surface area contributed by atoms with Crippen molar-refractivity contribution < 1.29 is 0 Å². The van der Waals surface area contributed by atoms with Gasteiger partial charge in [0.05, 0.1) is 18.6 Å². The summed E-state index contributed by atoms with van der Waals surface area (Å²) < 4.78 is 2.19. The maximum absolute atomic E-state index is 4.21. The molecule has 0 unspecified atom stereocenters. The minimum Gasteiger partial charge on any atom is -0.379 e. The summed E-state index contributed by atoms with van der Waals surface area (Å²) in [5, 5.41) is 3.45.